The number of carbonyl (C=O) groups excluding carboxylic acids is 1. The summed E-state index contributed by atoms with van der Waals surface area (Å²) in [5, 5.41) is 14.5. The highest BCUT2D eigenvalue weighted by Crippen LogP contribution is 2.22. The first-order valence-electron chi connectivity index (χ1n) is 7.17. The van der Waals surface area contributed by atoms with Gasteiger partial charge in [-0.25, -0.2) is 0 Å². The van der Waals surface area contributed by atoms with E-state index in [2.05, 4.69) is 5.10 Å². The summed E-state index contributed by atoms with van der Waals surface area (Å²) in [5.41, 5.74) is 0. The van der Waals surface area contributed by atoms with Gasteiger partial charge in [0.1, 0.15) is 18.1 Å². The molecule has 0 N–H and O–H groups in total. The molecule has 0 atom stereocenters. The van der Waals surface area contributed by atoms with E-state index in [1.54, 1.807) is 24.3 Å². The molecule has 0 fully saturated rings. The van der Waals surface area contributed by atoms with Gasteiger partial charge in [-0.05, 0) is 48.3 Å². The Labute approximate surface area is 151 Å². The Balaban J connectivity index is 1.68. The van der Waals surface area contributed by atoms with Gasteiger partial charge in [-0.3, -0.25) is 4.79 Å². The maximum absolute atomic E-state index is 12.0. The number of aryl methyl sites for hydroxylation is 1. The molecule has 0 aliphatic rings. The van der Waals surface area contributed by atoms with Crippen LogP contribution < -0.4 is 0 Å². The molecule has 0 radical (unpaired) electrons. The molecule has 9 heteroatoms. The first-order chi connectivity index (χ1) is 11.9. The van der Waals surface area contributed by atoms with Gasteiger partial charge in [-0.2, -0.15) is 4.68 Å². The van der Waals surface area contributed by atoms with E-state index >= 15 is 0 Å². The van der Waals surface area contributed by atoms with Crippen LogP contribution in [0.5, 0.6) is 0 Å². The van der Waals surface area contributed by atoms with Crippen molar-refractivity contribution < 1.29 is 14.1 Å². The van der Waals surface area contributed by atoms with Crippen LogP contribution in [0, 0.1) is 17.0 Å². The molecule has 3 aromatic rings. The van der Waals surface area contributed by atoms with Crippen LogP contribution in [0.25, 0.3) is 6.08 Å². The van der Waals surface area contributed by atoms with Gasteiger partial charge in [0.2, 0.25) is 0 Å². The number of halogens is 1. The van der Waals surface area contributed by atoms with E-state index in [0.29, 0.717) is 16.4 Å². The summed E-state index contributed by atoms with van der Waals surface area (Å²) in [6.45, 7) is 2.13. The number of furan rings is 1. The van der Waals surface area contributed by atoms with Crippen molar-refractivity contribution in [3.8, 4) is 0 Å². The van der Waals surface area contributed by atoms with Crippen LogP contribution in [0.4, 0.5) is 5.82 Å². The summed E-state index contributed by atoms with van der Waals surface area (Å²) in [6, 6.07) is 7.10. The van der Waals surface area contributed by atoms with E-state index in [1.165, 1.54) is 28.3 Å². The van der Waals surface area contributed by atoms with Crippen molar-refractivity contribution >= 4 is 40.6 Å². The van der Waals surface area contributed by atoms with Crippen LogP contribution in [0.1, 0.15) is 26.1 Å². The molecule has 0 amide bonds. The summed E-state index contributed by atoms with van der Waals surface area (Å²) >= 11 is 7.19. The molecular weight excluding hydrogens is 366 g/mol. The average Bonchev–Trinajstić information content (AvgIpc) is 3.26. The van der Waals surface area contributed by atoms with Crippen molar-refractivity contribution in [3.05, 3.63) is 73.0 Å². The number of hydrogen-bond donors (Lipinski definition) is 0. The molecule has 0 aliphatic carbocycles. The van der Waals surface area contributed by atoms with Crippen LogP contribution in [0.15, 0.2) is 41.0 Å². The topological polar surface area (TPSA) is 91.2 Å². The van der Waals surface area contributed by atoms with Crippen LogP contribution in [-0.4, -0.2) is 20.5 Å². The smallest absolute Gasteiger partial charge is 0.408 e. The minimum atomic E-state index is -0.646. The monoisotopic (exact) mass is 377 g/mol. The lowest BCUT2D eigenvalue weighted by Crippen LogP contribution is -2.00. The average molecular weight is 378 g/mol. The quantitative estimate of drug-likeness (QED) is 0.275. The molecular formula is C16H12ClN3O4S. The fourth-order valence-electron chi connectivity index (χ4n) is 2.13. The fourth-order valence-corrected chi connectivity index (χ4v) is 3.13. The number of allylic oxidation sites excluding steroid dienone is 1. The van der Waals surface area contributed by atoms with Gasteiger partial charge in [0.15, 0.2) is 10.8 Å². The van der Waals surface area contributed by atoms with Gasteiger partial charge in [0.25, 0.3) is 0 Å². The number of aromatic nitrogens is 2. The highest BCUT2D eigenvalue weighted by atomic mass is 35.5. The third kappa shape index (κ3) is 4.04. The molecule has 0 saturated carbocycles. The molecule has 0 saturated heterocycles. The number of nitro groups is 1. The van der Waals surface area contributed by atoms with Crippen molar-refractivity contribution in [2.75, 3.05) is 0 Å². The number of carbonyl (C=O) groups is 1. The molecule has 0 aliphatic heterocycles. The summed E-state index contributed by atoms with van der Waals surface area (Å²) in [7, 11) is 0. The Morgan fingerprint density at radius 2 is 2.24 bits per heavy atom. The Morgan fingerprint density at radius 3 is 2.88 bits per heavy atom. The zero-order chi connectivity index (χ0) is 18.0. The SMILES string of the molecule is Cc1ccc(C(=O)/C=C/c2ccc(Cn3cc(Cl)c([N+](=O)[O-])n3)o2)s1. The van der Waals surface area contributed by atoms with Crippen LogP contribution in [0.3, 0.4) is 0 Å². The third-order valence-electron chi connectivity index (χ3n) is 3.25. The van der Waals surface area contributed by atoms with Gasteiger partial charge >= 0.3 is 5.82 Å². The molecule has 3 aromatic heterocycles. The molecule has 3 rings (SSSR count). The van der Waals surface area contributed by atoms with Gasteiger partial charge in [0, 0.05) is 4.88 Å². The lowest BCUT2D eigenvalue weighted by atomic mass is 10.3. The predicted octanol–water partition coefficient (Wildman–Crippen LogP) is 4.35. The normalized spacial score (nSPS) is 11.3. The van der Waals surface area contributed by atoms with E-state index in [1.807, 2.05) is 13.0 Å². The molecule has 25 heavy (non-hydrogen) atoms. The minimum Gasteiger partial charge on any atom is -0.460 e. The van der Waals surface area contributed by atoms with Crippen molar-refractivity contribution in [1.29, 1.82) is 0 Å². The Hall–Kier alpha value is -2.71. The van der Waals surface area contributed by atoms with E-state index < -0.39 is 10.7 Å². The summed E-state index contributed by atoms with van der Waals surface area (Å²) < 4.78 is 6.91. The standard InChI is InChI=1S/C16H12ClN3O4S/c1-10-2-7-15(25-10)14(21)6-5-11-3-4-12(24-11)8-19-9-13(17)16(18-19)20(22)23/h2-7,9H,8H2,1H3/b6-5+. The van der Waals surface area contributed by atoms with Gasteiger partial charge in [-0.1, -0.05) is 11.6 Å². The van der Waals surface area contributed by atoms with Gasteiger partial charge in [-0.15, -0.1) is 11.3 Å². The maximum Gasteiger partial charge on any atom is 0.408 e. The molecule has 0 unspecified atom stereocenters. The summed E-state index contributed by atoms with van der Waals surface area (Å²) in [6.07, 6.45) is 4.39. The second kappa shape index (κ2) is 7.04. The van der Waals surface area contributed by atoms with E-state index in [0.717, 1.165) is 4.88 Å². The van der Waals surface area contributed by atoms with E-state index in [-0.39, 0.29) is 17.4 Å². The van der Waals surface area contributed by atoms with Crippen molar-refractivity contribution in [1.82, 2.24) is 9.78 Å². The first-order valence-corrected chi connectivity index (χ1v) is 8.37. The van der Waals surface area contributed by atoms with Crippen molar-refractivity contribution in [2.45, 2.75) is 13.5 Å². The summed E-state index contributed by atoms with van der Waals surface area (Å²) in [5.74, 6) is 0.549. The molecule has 0 bridgehead atoms. The number of rotatable bonds is 6. The highest BCUT2D eigenvalue weighted by Gasteiger charge is 2.19. The zero-order valence-electron chi connectivity index (χ0n) is 13.0. The summed E-state index contributed by atoms with van der Waals surface area (Å²) in [4.78, 5) is 23.9. The van der Waals surface area contributed by atoms with E-state index in [9.17, 15) is 14.9 Å². The predicted molar refractivity (Wildman–Crippen MR) is 94.1 cm³/mol. The van der Waals surface area contributed by atoms with Crippen LogP contribution in [-0.2, 0) is 6.54 Å². The Morgan fingerprint density at radius 1 is 1.44 bits per heavy atom. The van der Waals surface area contributed by atoms with Crippen LogP contribution >= 0.6 is 22.9 Å². The molecule has 3 heterocycles. The first kappa shape index (κ1) is 17.1. The van der Waals surface area contributed by atoms with E-state index in [4.69, 9.17) is 16.0 Å². The molecule has 128 valence electrons. The zero-order valence-corrected chi connectivity index (χ0v) is 14.6. The number of nitrogens with zero attached hydrogens (tertiary/aromatic N) is 3. The lowest BCUT2D eigenvalue weighted by Gasteiger charge is -1.92. The second-order valence-electron chi connectivity index (χ2n) is 5.17. The lowest BCUT2D eigenvalue weighted by molar-refractivity contribution is -0.389. The maximum atomic E-state index is 12.0. The molecule has 0 aromatic carbocycles. The number of ketones is 1. The number of thiophene rings is 1. The number of hydrogen-bond acceptors (Lipinski definition) is 6. The largest absolute Gasteiger partial charge is 0.460 e. The minimum absolute atomic E-state index is 0.0338. The van der Waals surface area contributed by atoms with Crippen molar-refractivity contribution in [3.63, 3.8) is 0 Å². The third-order valence-corrected chi connectivity index (χ3v) is 4.54. The van der Waals surface area contributed by atoms with Gasteiger partial charge in [0.05, 0.1) is 16.2 Å². The van der Waals surface area contributed by atoms with Gasteiger partial charge < -0.3 is 14.5 Å². The fraction of sp³-hybridized carbons (Fsp3) is 0.125. The molecule has 0 spiro atoms. The Kier molecular flexibility index (Phi) is 4.82. The second-order valence-corrected chi connectivity index (χ2v) is 6.86. The molecule has 7 nitrogen and oxygen atoms in total. The van der Waals surface area contributed by atoms with Crippen LogP contribution in [0.2, 0.25) is 5.02 Å². The van der Waals surface area contributed by atoms with Crippen molar-refractivity contribution in [2.24, 2.45) is 0 Å². The Bertz CT molecular complexity index is 970. The highest BCUT2D eigenvalue weighted by molar-refractivity contribution is 7.14.